The molecule has 0 aromatic heterocycles. The molecule has 6 nitrogen and oxygen atoms in total. The highest BCUT2D eigenvalue weighted by Crippen LogP contribution is 2.19. The Morgan fingerprint density at radius 2 is 1.73 bits per heavy atom. The minimum Gasteiger partial charge on any atom is -0.444 e. The van der Waals surface area contributed by atoms with Gasteiger partial charge in [-0.1, -0.05) is 0 Å². The van der Waals surface area contributed by atoms with E-state index in [1.54, 1.807) is 4.90 Å². The highest BCUT2D eigenvalue weighted by Gasteiger charge is 2.26. The van der Waals surface area contributed by atoms with Gasteiger partial charge in [0, 0.05) is 32.7 Å². The van der Waals surface area contributed by atoms with Crippen molar-refractivity contribution < 1.29 is 9.53 Å². The Morgan fingerprint density at radius 1 is 1.18 bits per heavy atom. The molecule has 0 unspecified atom stereocenters. The molecule has 0 radical (unpaired) electrons. The van der Waals surface area contributed by atoms with Crippen LogP contribution in [0.2, 0.25) is 0 Å². The van der Waals surface area contributed by atoms with Gasteiger partial charge in [0.2, 0.25) is 0 Å². The van der Waals surface area contributed by atoms with Crippen LogP contribution in [0.3, 0.4) is 0 Å². The monoisotopic (exact) mass is 312 g/mol. The van der Waals surface area contributed by atoms with Crippen LogP contribution in [0.4, 0.5) is 4.79 Å². The quantitative estimate of drug-likeness (QED) is 0.617. The summed E-state index contributed by atoms with van der Waals surface area (Å²) in [6.07, 6.45) is 1.76. The van der Waals surface area contributed by atoms with Crippen LogP contribution in [0, 0.1) is 5.92 Å². The maximum atomic E-state index is 12.0. The molecular formula is C16H32N4O2. The van der Waals surface area contributed by atoms with E-state index in [1.165, 1.54) is 0 Å². The molecule has 1 aliphatic heterocycles. The summed E-state index contributed by atoms with van der Waals surface area (Å²) in [5.41, 5.74) is -0.426. The van der Waals surface area contributed by atoms with Crippen LogP contribution < -0.4 is 10.6 Å². The third kappa shape index (κ3) is 7.00. The van der Waals surface area contributed by atoms with Crippen molar-refractivity contribution >= 4 is 12.1 Å². The zero-order valence-corrected chi connectivity index (χ0v) is 14.7. The van der Waals surface area contributed by atoms with Crippen molar-refractivity contribution in [2.24, 2.45) is 10.9 Å². The van der Waals surface area contributed by atoms with E-state index in [4.69, 9.17) is 4.74 Å². The van der Waals surface area contributed by atoms with Crippen molar-refractivity contribution in [3.8, 4) is 0 Å². The van der Waals surface area contributed by atoms with Crippen LogP contribution in [0.1, 0.15) is 47.5 Å². The van der Waals surface area contributed by atoms with Gasteiger partial charge in [-0.25, -0.2) is 4.79 Å². The summed E-state index contributed by atoms with van der Waals surface area (Å²) in [4.78, 5) is 18.4. The van der Waals surface area contributed by atoms with E-state index in [0.29, 0.717) is 5.92 Å². The first-order chi connectivity index (χ1) is 10.4. The molecule has 0 spiro atoms. The molecule has 22 heavy (non-hydrogen) atoms. The number of nitrogens with one attached hydrogen (secondary N) is 2. The molecule has 1 amide bonds. The molecule has 1 saturated heterocycles. The van der Waals surface area contributed by atoms with Crippen LogP contribution >= 0.6 is 0 Å². The molecule has 0 saturated carbocycles. The van der Waals surface area contributed by atoms with Crippen molar-refractivity contribution in [2.45, 2.75) is 53.1 Å². The van der Waals surface area contributed by atoms with Gasteiger partial charge in [-0.2, -0.15) is 0 Å². The van der Waals surface area contributed by atoms with Crippen molar-refractivity contribution in [1.29, 1.82) is 0 Å². The molecule has 1 rings (SSSR count). The lowest BCUT2D eigenvalue weighted by Gasteiger charge is -2.33. The van der Waals surface area contributed by atoms with Gasteiger partial charge in [0.05, 0.1) is 0 Å². The Balaban J connectivity index is 2.38. The van der Waals surface area contributed by atoms with Gasteiger partial charge in [-0.05, 0) is 53.4 Å². The summed E-state index contributed by atoms with van der Waals surface area (Å²) in [5, 5.41) is 6.46. The molecule has 0 atom stereocenters. The van der Waals surface area contributed by atoms with E-state index in [2.05, 4.69) is 29.5 Å². The van der Waals surface area contributed by atoms with Gasteiger partial charge in [-0.15, -0.1) is 0 Å². The lowest BCUT2D eigenvalue weighted by molar-refractivity contribution is 0.0187. The Morgan fingerprint density at radius 3 is 2.18 bits per heavy atom. The van der Waals surface area contributed by atoms with Crippen LogP contribution in [-0.4, -0.2) is 55.3 Å². The normalized spacial score (nSPS) is 16.1. The van der Waals surface area contributed by atoms with Gasteiger partial charge in [0.25, 0.3) is 0 Å². The minimum atomic E-state index is -0.426. The molecule has 128 valence electrons. The van der Waals surface area contributed by atoms with E-state index in [1.807, 2.05) is 20.8 Å². The Labute approximate surface area is 134 Å². The Bertz CT molecular complexity index is 361. The number of aliphatic imine (C=N–C) groups is 1. The number of hydrogen-bond acceptors (Lipinski definition) is 3. The van der Waals surface area contributed by atoms with Gasteiger partial charge >= 0.3 is 6.09 Å². The van der Waals surface area contributed by atoms with Gasteiger partial charge < -0.3 is 20.3 Å². The molecule has 1 fully saturated rings. The van der Waals surface area contributed by atoms with Crippen molar-refractivity contribution in [2.75, 3.05) is 32.7 Å². The third-order valence-electron chi connectivity index (χ3n) is 3.46. The Kier molecular flexibility index (Phi) is 7.48. The number of guanidine groups is 1. The largest absolute Gasteiger partial charge is 0.444 e. The Hall–Kier alpha value is -1.46. The number of piperidine rings is 1. The summed E-state index contributed by atoms with van der Waals surface area (Å²) >= 11 is 0. The second-order valence-corrected chi connectivity index (χ2v) is 6.66. The van der Waals surface area contributed by atoms with Crippen LogP contribution in [0.5, 0.6) is 0 Å². The highest BCUT2D eigenvalue weighted by molar-refractivity contribution is 5.79. The average molecular weight is 312 g/mol. The number of carbonyl (C=O) groups excluding carboxylic acids is 1. The van der Waals surface area contributed by atoms with E-state index in [9.17, 15) is 4.79 Å². The number of hydrogen-bond donors (Lipinski definition) is 2. The summed E-state index contributed by atoms with van der Waals surface area (Å²) in [6.45, 7) is 13.9. The standard InChI is InChI=1S/C16H32N4O2/c1-6-17-14(18-7-2)19-12-13-8-10-20(11-9-13)15(21)22-16(3,4)5/h13H,6-12H2,1-5H3,(H2,17,18,19). The lowest BCUT2D eigenvalue weighted by atomic mass is 9.97. The maximum absolute atomic E-state index is 12.0. The fourth-order valence-electron chi connectivity index (χ4n) is 2.35. The molecule has 2 N–H and O–H groups in total. The molecule has 0 aliphatic carbocycles. The topological polar surface area (TPSA) is 66.0 Å². The van der Waals surface area contributed by atoms with E-state index < -0.39 is 5.60 Å². The fourth-order valence-corrected chi connectivity index (χ4v) is 2.35. The maximum Gasteiger partial charge on any atom is 0.410 e. The second kappa shape index (κ2) is 8.86. The summed E-state index contributed by atoms with van der Waals surface area (Å²) in [7, 11) is 0. The number of ether oxygens (including phenoxy) is 1. The van der Waals surface area contributed by atoms with Crippen LogP contribution in [0.25, 0.3) is 0 Å². The molecule has 1 aliphatic rings. The predicted octanol–water partition coefficient (Wildman–Crippen LogP) is 2.21. The van der Waals surface area contributed by atoms with Crippen molar-refractivity contribution in [1.82, 2.24) is 15.5 Å². The van der Waals surface area contributed by atoms with Gasteiger partial charge in [0.15, 0.2) is 5.96 Å². The predicted molar refractivity (Wildman–Crippen MR) is 90.2 cm³/mol. The molecule has 0 aromatic carbocycles. The SMILES string of the molecule is CCNC(=NCC1CCN(C(=O)OC(C)(C)C)CC1)NCC. The number of carbonyl (C=O) groups is 1. The molecule has 0 bridgehead atoms. The molecule has 1 heterocycles. The number of amides is 1. The molecule has 6 heteroatoms. The van der Waals surface area contributed by atoms with E-state index in [0.717, 1.165) is 51.5 Å². The summed E-state index contributed by atoms with van der Waals surface area (Å²) in [5.74, 6) is 1.41. The number of likely N-dealkylation sites (tertiary alicyclic amines) is 1. The van der Waals surface area contributed by atoms with Gasteiger partial charge in [-0.3, -0.25) is 4.99 Å². The summed E-state index contributed by atoms with van der Waals surface area (Å²) < 4.78 is 5.41. The average Bonchev–Trinajstić information content (AvgIpc) is 2.44. The number of nitrogens with zero attached hydrogens (tertiary/aromatic N) is 2. The van der Waals surface area contributed by atoms with Crippen molar-refractivity contribution in [3.63, 3.8) is 0 Å². The lowest BCUT2D eigenvalue weighted by Crippen LogP contribution is -2.42. The van der Waals surface area contributed by atoms with Gasteiger partial charge in [0.1, 0.15) is 5.60 Å². The third-order valence-corrected chi connectivity index (χ3v) is 3.46. The first-order valence-corrected chi connectivity index (χ1v) is 8.35. The highest BCUT2D eigenvalue weighted by atomic mass is 16.6. The fraction of sp³-hybridized carbons (Fsp3) is 0.875. The van der Waals surface area contributed by atoms with Crippen LogP contribution in [0.15, 0.2) is 4.99 Å². The van der Waals surface area contributed by atoms with E-state index >= 15 is 0 Å². The zero-order valence-electron chi connectivity index (χ0n) is 14.7. The van der Waals surface area contributed by atoms with Crippen LogP contribution in [-0.2, 0) is 4.74 Å². The van der Waals surface area contributed by atoms with Crippen molar-refractivity contribution in [3.05, 3.63) is 0 Å². The molecule has 0 aromatic rings. The summed E-state index contributed by atoms with van der Waals surface area (Å²) in [6, 6.07) is 0. The smallest absolute Gasteiger partial charge is 0.410 e. The van der Waals surface area contributed by atoms with E-state index in [-0.39, 0.29) is 6.09 Å². The molecular weight excluding hydrogens is 280 g/mol. The second-order valence-electron chi connectivity index (χ2n) is 6.66. The number of rotatable bonds is 4. The zero-order chi connectivity index (χ0) is 16.6. The minimum absolute atomic E-state index is 0.199. The first-order valence-electron chi connectivity index (χ1n) is 8.35. The first kappa shape index (κ1) is 18.6.